The molecule has 2 N–H and O–H groups in total. The van der Waals surface area contributed by atoms with Crippen molar-refractivity contribution in [3.8, 4) is 0 Å². The summed E-state index contributed by atoms with van der Waals surface area (Å²) in [5.74, 6) is 0.585. The molecule has 0 aliphatic heterocycles. The molecule has 2 aromatic heterocycles. The molecule has 0 atom stereocenters. The standard InChI is InChI=1S/C11H13N3O2/c1-2-10-9(3-4-16-10)11(15)13-6-8-5-12-7-14-8/h3-5,7H,2,6H2,1H3,(H,12,14)(H,13,15). The summed E-state index contributed by atoms with van der Waals surface area (Å²) < 4.78 is 5.19. The zero-order valence-corrected chi connectivity index (χ0v) is 8.99. The number of nitrogens with zero attached hydrogens (tertiary/aromatic N) is 1. The number of imidazole rings is 1. The van der Waals surface area contributed by atoms with Gasteiger partial charge in [0.2, 0.25) is 0 Å². The monoisotopic (exact) mass is 219 g/mol. The number of amides is 1. The fourth-order valence-electron chi connectivity index (χ4n) is 1.47. The number of aryl methyl sites for hydroxylation is 1. The van der Waals surface area contributed by atoms with Gasteiger partial charge in [0.25, 0.3) is 5.91 Å². The SMILES string of the molecule is CCc1occc1C(=O)NCc1cnc[nH]1. The van der Waals surface area contributed by atoms with E-state index in [1.807, 2.05) is 6.92 Å². The minimum absolute atomic E-state index is 0.125. The van der Waals surface area contributed by atoms with Crippen LogP contribution in [0.5, 0.6) is 0 Å². The van der Waals surface area contributed by atoms with E-state index in [1.165, 1.54) is 6.26 Å². The van der Waals surface area contributed by atoms with Gasteiger partial charge in [0.1, 0.15) is 5.76 Å². The number of rotatable bonds is 4. The molecule has 2 heterocycles. The maximum Gasteiger partial charge on any atom is 0.255 e. The first-order chi connectivity index (χ1) is 7.81. The second kappa shape index (κ2) is 4.65. The van der Waals surface area contributed by atoms with E-state index in [1.54, 1.807) is 18.6 Å². The zero-order valence-electron chi connectivity index (χ0n) is 8.99. The first kappa shape index (κ1) is 10.5. The summed E-state index contributed by atoms with van der Waals surface area (Å²) in [5, 5.41) is 2.79. The third-order valence-electron chi connectivity index (χ3n) is 2.31. The maximum atomic E-state index is 11.8. The van der Waals surface area contributed by atoms with Gasteiger partial charge in [-0.25, -0.2) is 4.98 Å². The Morgan fingerprint density at radius 1 is 1.62 bits per heavy atom. The van der Waals surface area contributed by atoms with Crippen LogP contribution >= 0.6 is 0 Å². The van der Waals surface area contributed by atoms with Crippen molar-refractivity contribution < 1.29 is 9.21 Å². The number of furan rings is 1. The van der Waals surface area contributed by atoms with Crippen LogP contribution in [0.3, 0.4) is 0 Å². The van der Waals surface area contributed by atoms with E-state index < -0.39 is 0 Å². The molecule has 0 bridgehead atoms. The normalized spacial score (nSPS) is 10.3. The van der Waals surface area contributed by atoms with Crippen molar-refractivity contribution in [2.24, 2.45) is 0 Å². The molecule has 0 unspecified atom stereocenters. The third-order valence-corrected chi connectivity index (χ3v) is 2.31. The lowest BCUT2D eigenvalue weighted by Gasteiger charge is -2.02. The van der Waals surface area contributed by atoms with E-state index in [0.717, 1.165) is 5.69 Å². The van der Waals surface area contributed by atoms with Gasteiger partial charge >= 0.3 is 0 Å². The van der Waals surface area contributed by atoms with Gasteiger partial charge in [-0.3, -0.25) is 4.79 Å². The Morgan fingerprint density at radius 3 is 3.19 bits per heavy atom. The van der Waals surface area contributed by atoms with E-state index in [-0.39, 0.29) is 5.91 Å². The van der Waals surface area contributed by atoms with Crippen molar-refractivity contribution in [1.29, 1.82) is 0 Å². The van der Waals surface area contributed by atoms with E-state index in [2.05, 4.69) is 15.3 Å². The molecule has 2 aromatic rings. The van der Waals surface area contributed by atoms with Crippen molar-refractivity contribution in [1.82, 2.24) is 15.3 Å². The Morgan fingerprint density at radius 2 is 2.50 bits per heavy atom. The number of hydrogen-bond acceptors (Lipinski definition) is 3. The van der Waals surface area contributed by atoms with E-state index in [9.17, 15) is 4.79 Å². The number of H-pyrrole nitrogens is 1. The average Bonchev–Trinajstić information content (AvgIpc) is 2.96. The van der Waals surface area contributed by atoms with Crippen LogP contribution in [0.2, 0.25) is 0 Å². The fourth-order valence-corrected chi connectivity index (χ4v) is 1.47. The molecule has 0 spiro atoms. The summed E-state index contributed by atoms with van der Waals surface area (Å²) in [4.78, 5) is 18.6. The highest BCUT2D eigenvalue weighted by molar-refractivity contribution is 5.95. The molecule has 0 aliphatic rings. The quantitative estimate of drug-likeness (QED) is 0.818. The van der Waals surface area contributed by atoms with Crippen LogP contribution in [0, 0.1) is 0 Å². The second-order valence-corrected chi connectivity index (χ2v) is 3.37. The lowest BCUT2D eigenvalue weighted by molar-refractivity contribution is 0.0948. The van der Waals surface area contributed by atoms with Crippen LogP contribution in [0.25, 0.3) is 0 Å². The number of aromatic nitrogens is 2. The van der Waals surface area contributed by atoms with E-state index in [4.69, 9.17) is 4.42 Å². The summed E-state index contributed by atoms with van der Waals surface area (Å²) in [6.07, 6.45) is 5.50. The highest BCUT2D eigenvalue weighted by Crippen LogP contribution is 2.10. The van der Waals surface area contributed by atoms with Crippen LogP contribution in [0.15, 0.2) is 29.3 Å². The van der Waals surface area contributed by atoms with Crippen molar-refractivity contribution >= 4 is 5.91 Å². The topological polar surface area (TPSA) is 70.9 Å². The van der Waals surface area contributed by atoms with Gasteiger partial charge in [0.05, 0.1) is 30.4 Å². The molecule has 5 heteroatoms. The van der Waals surface area contributed by atoms with Gasteiger partial charge in [-0.05, 0) is 6.07 Å². The first-order valence-corrected chi connectivity index (χ1v) is 5.13. The molecule has 0 radical (unpaired) electrons. The van der Waals surface area contributed by atoms with Crippen molar-refractivity contribution in [3.05, 3.63) is 41.9 Å². The summed E-state index contributed by atoms with van der Waals surface area (Å²) >= 11 is 0. The van der Waals surface area contributed by atoms with Gasteiger partial charge in [-0.2, -0.15) is 0 Å². The number of hydrogen-bond donors (Lipinski definition) is 2. The summed E-state index contributed by atoms with van der Waals surface area (Å²) in [5.41, 5.74) is 1.47. The molecule has 0 saturated heterocycles. The van der Waals surface area contributed by atoms with Crippen LogP contribution in [0.1, 0.15) is 28.7 Å². The number of carbonyl (C=O) groups is 1. The molecule has 2 rings (SSSR count). The van der Waals surface area contributed by atoms with Crippen LogP contribution in [0.4, 0.5) is 0 Å². The van der Waals surface area contributed by atoms with Gasteiger partial charge in [-0.1, -0.05) is 6.92 Å². The molecular weight excluding hydrogens is 206 g/mol. The molecule has 16 heavy (non-hydrogen) atoms. The predicted molar refractivity (Wildman–Crippen MR) is 57.8 cm³/mol. The van der Waals surface area contributed by atoms with E-state index >= 15 is 0 Å². The third kappa shape index (κ3) is 2.13. The zero-order chi connectivity index (χ0) is 11.4. The van der Waals surface area contributed by atoms with Crippen LogP contribution < -0.4 is 5.32 Å². The largest absolute Gasteiger partial charge is 0.469 e. The fraction of sp³-hybridized carbons (Fsp3) is 0.273. The Labute approximate surface area is 92.9 Å². The lowest BCUT2D eigenvalue weighted by atomic mass is 10.2. The Balaban J connectivity index is 1.98. The number of carbonyl (C=O) groups excluding carboxylic acids is 1. The van der Waals surface area contributed by atoms with Crippen molar-refractivity contribution in [2.75, 3.05) is 0 Å². The minimum Gasteiger partial charge on any atom is -0.469 e. The molecule has 5 nitrogen and oxygen atoms in total. The highest BCUT2D eigenvalue weighted by Gasteiger charge is 2.12. The van der Waals surface area contributed by atoms with E-state index in [0.29, 0.717) is 24.3 Å². The molecule has 0 aromatic carbocycles. The summed E-state index contributed by atoms with van der Waals surface area (Å²) in [6.45, 7) is 2.39. The van der Waals surface area contributed by atoms with Crippen LogP contribution in [-0.4, -0.2) is 15.9 Å². The van der Waals surface area contributed by atoms with Gasteiger partial charge in [0.15, 0.2) is 0 Å². The van der Waals surface area contributed by atoms with Gasteiger partial charge in [-0.15, -0.1) is 0 Å². The Bertz CT molecular complexity index is 459. The molecule has 0 saturated carbocycles. The van der Waals surface area contributed by atoms with Gasteiger partial charge in [0, 0.05) is 12.6 Å². The van der Waals surface area contributed by atoms with Gasteiger partial charge < -0.3 is 14.7 Å². The molecule has 0 fully saturated rings. The predicted octanol–water partition coefficient (Wildman–Crippen LogP) is 1.50. The number of nitrogens with one attached hydrogen (secondary N) is 2. The van der Waals surface area contributed by atoms with Crippen molar-refractivity contribution in [2.45, 2.75) is 19.9 Å². The molecule has 1 amide bonds. The highest BCUT2D eigenvalue weighted by atomic mass is 16.3. The smallest absolute Gasteiger partial charge is 0.255 e. The number of aromatic amines is 1. The maximum absolute atomic E-state index is 11.8. The summed E-state index contributed by atoms with van der Waals surface area (Å²) in [6, 6.07) is 1.68. The second-order valence-electron chi connectivity index (χ2n) is 3.37. The molecular formula is C11H13N3O2. The summed E-state index contributed by atoms with van der Waals surface area (Å²) in [7, 11) is 0. The first-order valence-electron chi connectivity index (χ1n) is 5.13. The molecule has 0 aliphatic carbocycles. The van der Waals surface area contributed by atoms with Crippen molar-refractivity contribution in [3.63, 3.8) is 0 Å². The Kier molecular flexibility index (Phi) is 3.05. The average molecular weight is 219 g/mol. The Hall–Kier alpha value is -2.04. The molecule has 84 valence electrons. The lowest BCUT2D eigenvalue weighted by Crippen LogP contribution is -2.23. The van der Waals surface area contributed by atoms with Crippen LogP contribution in [-0.2, 0) is 13.0 Å². The minimum atomic E-state index is -0.125.